The summed E-state index contributed by atoms with van der Waals surface area (Å²) >= 11 is 0. The van der Waals surface area contributed by atoms with Gasteiger partial charge in [-0.05, 0) is 0 Å². The van der Waals surface area contributed by atoms with Gasteiger partial charge in [0.25, 0.3) is 5.91 Å². The van der Waals surface area contributed by atoms with Crippen molar-refractivity contribution in [2.24, 2.45) is 5.10 Å². The summed E-state index contributed by atoms with van der Waals surface area (Å²) in [6.07, 6.45) is 1.91. The summed E-state index contributed by atoms with van der Waals surface area (Å²) in [6.45, 7) is 0.908. The molecule has 0 atom stereocenters. The predicted octanol–water partition coefficient (Wildman–Crippen LogP) is 1.30. The summed E-state index contributed by atoms with van der Waals surface area (Å²) < 4.78 is 16.9. The van der Waals surface area contributed by atoms with E-state index in [-0.39, 0.29) is 30.4 Å². The van der Waals surface area contributed by atoms with Crippen LogP contribution in [-0.2, 0) is 9.59 Å². The van der Waals surface area contributed by atoms with E-state index in [0.717, 1.165) is 0 Å². The average molecular weight is 401 g/mol. The Bertz CT molecular complexity index is 902. The van der Waals surface area contributed by atoms with E-state index in [0.29, 0.717) is 60.9 Å². The van der Waals surface area contributed by atoms with Crippen molar-refractivity contribution >= 4 is 23.3 Å². The van der Waals surface area contributed by atoms with Gasteiger partial charge < -0.3 is 19.1 Å². The van der Waals surface area contributed by atoms with Gasteiger partial charge in [-0.1, -0.05) is 0 Å². The van der Waals surface area contributed by atoms with Gasteiger partial charge in [0.2, 0.25) is 5.91 Å². The number of hydrogen-bond donors (Lipinski definition) is 1. The van der Waals surface area contributed by atoms with Crippen LogP contribution in [0.3, 0.4) is 0 Å². The molecule has 9 heteroatoms. The van der Waals surface area contributed by atoms with Crippen molar-refractivity contribution < 1.29 is 28.6 Å². The molecule has 0 unspecified atom stereocenters. The number of Topliss-reactive ketones (excluding diaryl/α,β-unsaturated/α-hetero) is 1. The van der Waals surface area contributed by atoms with Gasteiger partial charge in [-0.15, -0.1) is 0 Å². The molecule has 1 aromatic carbocycles. The van der Waals surface area contributed by atoms with E-state index in [1.54, 1.807) is 24.1 Å². The first-order valence-electron chi connectivity index (χ1n) is 9.57. The van der Waals surface area contributed by atoms with Crippen LogP contribution in [0.5, 0.6) is 17.2 Å². The summed E-state index contributed by atoms with van der Waals surface area (Å²) in [7, 11) is 3.05. The third-order valence-electron chi connectivity index (χ3n) is 5.70. The maximum absolute atomic E-state index is 12.9. The van der Waals surface area contributed by atoms with Crippen molar-refractivity contribution in [3.8, 4) is 17.2 Å². The molecule has 0 radical (unpaired) electrons. The van der Waals surface area contributed by atoms with E-state index in [2.05, 4.69) is 10.5 Å². The second-order valence-electron chi connectivity index (χ2n) is 7.47. The molecular weight excluding hydrogens is 378 g/mol. The Kier molecular flexibility index (Phi) is 4.89. The molecule has 3 heterocycles. The van der Waals surface area contributed by atoms with E-state index in [1.165, 1.54) is 7.11 Å². The normalized spacial score (nSPS) is 20.3. The van der Waals surface area contributed by atoms with Crippen LogP contribution in [0.2, 0.25) is 0 Å². The number of nitrogens with one attached hydrogen (secondary N) is 1. The van der Waals surface area contributed by atoms with Gasteiger partial charge in [-0.3, -0.25) is 14.4 Å². The molecule has 3 aliphatic heterocycles. The Morgan fingerprint density at radius 2 is 1.93 bits per heavy atom. The van der Waals surface area contributed by atoms with Crippen molar-refractivity contribution in [2.45, 2.75) is 37.7 Å². The number of ether oxygens (including phenoxy) is 3. The molecule has 0 aromatic heterocycles. The minimum Gasteiger partial charge on any atom is -0.496 e. The van der Waals surface area contributed by atoms with Gasteiger partial charge >= 0.3 is 0 Å². The van der Waals surface area contributed by atoms with Crippen LogP contribution in [0.1, 0.15) is 42.5 Å². The Balaban J connectivity index is 1.50. The van der Waals surface area contributed by atoms with Crippen molar-refractivity contribution in [1.82, 2.24) is 10.3 Å². The molecule has 0 saturated carbocycles. The van der Waals surface area contributed by atoms with Crippen molar-refractivity contribution in [1.29, 1.82) is 0 Å². The van der Waals surface area contributed by atoms with Crippen LogP contribution >= 0.6 is 0 Å². The number of nitrogens with zero attached hydrogens (tertiary/aromatic N) is 2. The zero-order valence-electron chi connectivity index (χ0n) is 16.4. The van der Waals surface area contributed by atoms with Gasteiger partial charge in [0.1, 0.15) is 34.1 Å². The van der Waals surface area contributed by atoms with Crippen molar-refractivity contribution in [3.05, 3.63) is 17.7 Å². The Labute approximate surface area is 168 Å². The number of hydrogen-bond acceptors (Lipinski definition) is 7. The van der Waals surface area contributed by atoms with Gasteiger partial charge in [-0.25, -0.2) is 5.43 Å². The number of hydrazone groups is 1. The molecular formula is C20H23N3O6. The fourth-order valence-corrected chi connectivity index (χ4v) is 4.06. The maximum Gasteiger partial charge on any atom is 0.270 e. The van der Waals surface area contributed by atoms with E-state index in [9.17, 15) is 14.4 Å². The summed E-state index contributed by atoms with van der Waals surface area (Å²) in [5.41, 5.74) is 2.50. The number of carbonyl (C=O) groups excluding carboxylic acids is 3. The van der Waals surface area contributed by atoms with Gasteiger partial charge in [0.05, 0.1) is 20.6 Å². The molecule has 29 heavy (non-hydrogen) atoms. The molecule has 1 saturated heterocycles. The standard InChI is InChI=1S/C20H23N3O6/c1-27-12-9-15(28-2)18-14(24)11-20(29-16(18)10-12)5-7-23(8-6-20)19(26)13-3-4-17(25)22-21-13/h9-10H,3-8,11H2,1-2H3,(H,22,25). The lowest BCUT2D eigenvalue weighted by Gasteiger charge is -2.44. The van der Waals surface area contributed by atoms with Gasteiger partial charge in [0, 0.05) is 50.9 Å². The fourth-order valence-electron chi connectivity index (χ4n) is 4.06. The zero-order chi connectivity index (χ0) is 20.6. The fraction of sp³-hybridized carbons (Fsp3) is 0.500. The van der Waals surface area contributed by atoms with E-state index < -0.39 is 5.60 Å². The molecule has 154 valence electrons. The number of methoxy groups -OCH3 is 2. The first-order valence-corrected chi connectivity index (χ1v) is 9.57. The average Bonchev–Trinajstić information content (AvgIpc) is 2.73. The number of fused-ring (bicyclic) bond motifs is 1. The monoisotopic (exact) mass is 401 g/mol. The topological polar surface area (TPSA) is 107 Å². The molecule has 1 spiro atoms. The highest BCUT2D eigenvalue weighted by molar-refractivity contribution is 6.39. The third-order valence-corrected chi connectivity index (χ3v) is 5.70. The zero-order valence-corrected chi connectivity index (χ0v) is 16.4. The molecule has 9 nitrogen and oxygen atoms in total. The van der Waals surface area contributed by atoms with Crippen LogP contribution in [0.15, 0.2) is 17.2 Å². The summed E-state index contributed by atoms with van der Waals surface area (Å²) in [4.78, 5) is 38.5. The molecule has 1 fully saturated rings. The Hall–Kier alpha value is -3.10. The van der Waals surface area contributed by atoms with Crippen LogP contribution in [-0.4, -0.2) is 61.1 Å². The number of rotatable bonds is 3. The lowest BCUT2D eigenvalue weighted by molar-refractivity contribution is -0.127. The molecule has 0 bridgehead atoms. The number of benzene rings is 1. The highest BCUT2D eigenvalue weighted by Gasteiger charge is 2.45. The molecule has 1 N–H and O–H groups in total. The smallest absolute Gasteiger partial charge is 0.270 e. The number of amides is 2. The van der Waals surface area contributed by atoms with Crippen LogP contribution in [0, 0.1) is 0 Å². The number of carbonyl (C=O) groups is 3. The molecule has 0 aliphatic carbocycles. The summed E-state index contributed by atoms with van der Waals surface area (Å²) in [5, 5.41) is 3.88. The predicted molar refractivity (Wildman–Crippen MR) is 102 cm³/mol. The number of likely N-dealkylation sites (tertiary alicyclic amines) is 1. The largest absolute Gasteiger partial charge is 0.496 e. The van der Waals surface area contributed by atoms with E-state index >= 15 is 0 Å². The first-order chi connectivity index (χ1) is 13.9. The van der Waals surface area contributed by atoms with Gasteiger partial charge in [-0.2, -0.15) is 5.10 Å². The molecule has 1 aromatic rings. The van der Waals surface area contributed by atoms with Crippen LogP contribution in [0.4, 0.5) is 0 Å². The Morgan fingerprint density at radius 3 is 2.55 bits per heavy atom. The van der Waals surface area contributed by atoms with Crippen molar-refractivity contribution in [2.75, 3.05) is 27.3 Å². The lowest BCUT2D eigenvalue weighted by atomic mass is 9.82. The first kappa shape index (κ1) is 19.2. The minimum absolute atomic E-state index is 0.0371. The van der Waals surface area contributed by atoms with E-state index in [4.69, 9.17) is 14.2 Å². The van der Waals surface area contributed by atoms with Crippen molar-refractivity contribution in [3.63, 3.8) is 0 Å². The molecule has 3 aliphatic rings. The highest BCUT2D eigenvalue weighted by atomic mass is 16.5. The van der Waals surface area contributed by atoms with Crippen LogP contribution < -0.4 is 19.6 Å². The lowest BCUT2D eigenvalue weighted by Crippen LogP contribution is -2.53. The SMILES string of the molecule is COc1cc(OC)c2c(c1)OC1(CCN(C(=O)C3=NNC(=O)CC3)CC1)CC2=O. The minimum atomic E-state index is -0.652. The van der Waals surface area contributed by atoms with Crippen LogP contribution in [0.25, 0.3) is 0 Å². The molecule has 2 amide bonds. The number of ketones is 1. The molecule has 4 rings (SSSR count). The summed E-state index contributed by atoms with van der Waals surface area (Å²) in [6, 6.07) is 3.37. The Morgan fingerprint density at radius 1 is 1.17 bits per heavy atom. The summed E-state index contributed by atoms with van der Waals surface area (Å²) in [5.74, 6) is 1.05. The second kappa shape index (κ2) is 7.38. The maximum atomic E-state index is 12.9. The van der Waals surface area contributed by atoms with E-state index in [1.807, 2.05) is 0 Å². The quantitative estimate of drug-likeness (QED) is 0.818. The second-order valence-corrected chi connectivity index (χ2v) is 7.47. The highest BCUT2D eigenvalue weighted by Crippen LogP contribution is 2.44. The number of piperidine rings is 1. The third kappa shape index (κ3) is 3.52. The van der Waals surface area contributed by atoms with Gasteiger partial charge in [0.15, 0.2) is 5.78 Å².